The number of β-amino-alcohol motifs (C(OH)–C–C–N with tert-alkyl or cyclic N) is 1. The number of aliphatic hydroxyl groups excluding tert-OH is 1. The van der Waals surface area contributed by atoms with Crippen LogP contribution in [-0.4, -0.2) is 57.9 Å². The van der Waals surface area contributed by atoms with Crippen LogP contribution < -0.4 is 0 Å². The maximum Gasteiger partial charge on any atom is 0.326 e. The van der Waals surface area contributed by atoms with Crippen molar-refractivity contribution in [1.29, 1.82) is 0 Å². The van der Waals surface area contributed by atoms with Crippen LogP contribution in [0.3, 0.4) is 0 Å². The third-order valence-corrected chi connectivity index (χ3v) is 2.89. The molecule has 1 aliphatic heterocycles. The second-order valence-electron chi connectivity index (χ2n) is 4.31. The molecule has 1 amide bonds. The van der Waals surface area contributed by atoms with E-state index in [0.29, 0.717) is 5.76 Å². The first-order valence-corrected chi connectivity index (χ1v) is 5.69. The summed E-state index contributed by atoms with van der Waals surface area (Å²) in [6.45, 7) is 0.146. The van der Waals surface area contributed by atoms with E-state index < -0.39 is 24.0 Å². The first-order chi connectivity index (χ1) is 9.02. The number of carboxylic acids is 1. The van der Waals surface area contributed by atoms with Gasteiger partial charge in [-0.25, -0.2) is 4.79 Å². The van der Waals surface area contributed by atoms with E-state index in [4.69, 9.17) is 14.4 Å². The lowest BCUT2D eigenvalue weighted by molar-refractivity contribution is -0.141. The fourth-order valence-corrected chi connectivity index (χ4v) is 2.04. The summed E-state index contributed by atoms with van der Waals surface area (Å²) in [4.78, 5) is 24.2. The molecule has 0 radical (unpaired) electrons. The van der Waals surface area contributed by atoms with Crippen LogP contribution in [0, 0.1) is 0 Å². The molecule has 2 atom stereocenters. The molecule has 1 aromatic heterocycles. The van der Waals surface area contributed by atoms with Crippen LogP contribution >= 0.6 is 0 Å². The number of likely N-dealkylation sites (tertiary alicyclic amines) is 1. The molecule has 0 aliphatic carbocycles. The molecule has 1 aliphatic rings. The minimum absolute atomic E-state index is 0.00685. The maximum absolute atomic E-state index is 12.1. The molecule has 0 aromatic carbocycles. The Kier molecular flexibility index (Phi) is 3.82. The number of rotatable bonds is 4. The minimum atomic E-state index is -1.15. The zero-order valence-electron chi connectivity index (χ0n) is 10.3. The van der Waals surface area contributed by atoms with Gasteiger partial charge in [0.15, 0.2) is 11.5 Å². The number of amides is 1. The number of hydrogen-bond acceptors (Lipinski definition) is 6. The molecule has 104 valence electrons. The summed E-state index contributed by atoms with van der Waals surface area (Å²) < 4.78 is 9.71. The van der Waals surface area contributed by atoms with Gasteiger partial charge >= 0.3 is 5.97 Å². The molecule has 8 heteroatoms. The molecule has 1 fully saturated rings. The average molecular weight is 270 g/mol. The monoisotopic (exact) mass is 270 g/mol. The van der Waals surface area contributed by atoms with Gasteiger partial charge in [-0.05, 0) is 0 Å². The standard InChI is InChI=1S/C11H14N2O6/c1-18-5-7-3-8(12-19-7)10(15)13-4-6(14)2-9(13)11(16)17/h3,6,9,14H,2,4-5H2,1H3,(H,16,17)/t6?,9-/m0/s1. The third kappa shape index (κ3) is 2.74. The summed E-state index contributed by atoms with van der Waals surface area (Å²) in [5.74, 6) is -1.35. The summed E-state index contributed by atoms with van der Waals surface area (Å²) in [6.07, 6.45) is -0.820. The van der Waals surface area contributed by atoms with Gasteiger partial charge < -0.3 is 24.4 Å². The van der Waals surface area contributed by atoms with Crippen molar-refractivity contribution in [2.45, 2.75) is 25.2 Å². The first-order valence-electron chi connectivity index (χ1n) is 5.69. The Morgan fingerprint density at radius 2 is 2.37 bits per heavy atom. The highest BCUT2D eigenvalue weighted by Gasteiger charge is 2.40. The summed E-state index contributed by atoms with van der Waals surface area (Å²) in [6, 6.07) is 0.361. The first kappa shape index (κ1) is 13.5. The predicted molar refractivity (Wildman–Crippen MR) is 60.3 cm³/mol. The highest BCUT2D eigenvalue weighted by atomic mass is 16.5. The normalized spacial score (nSPS) is 22.7. The molecular weight excluding hydrogens is 256 g/mol. The Hall–Kier alpha value is -1.93. The van der Waals surface area contributed by atoms with Gasteiger partial charge in [-0.3, -0.25) is 4.79 Å². The van der Waals surface area contributed by atoms with E-state index in [1.165, 1.54) is 13.2 Å². The van der Waals surface area contributed by atoms with Crippen LogP contribution in [0.1, 0.15) is 22.7 Å². The van der Waals surface area contributed by atoms with Crippen molar-refractivity contribution in [1.82, 2.24) is 10.1 Å². The number of hydrogen-bond donors (Lipinski definition) is 2. The maximum atomic E-state index is 12.1. The van der Waals surface area contributed by atoms with Crippen molar-refractivity contribution in [2.75, 3.05) is 13.7 Å². The lowest BCUT2D eigenvalue weighted by atomic mass is 10.2. The topological polar surface area (TPSA) is 113 Å². The lowest BCUT2D eigenvalue weighted by Gasteiger charge is -2.19. The Bertz CT molecular complexity index is 485. The Labute approximate surface area is 108 Å². The van der Waals surface area contributed by atoms with Crippen molar-refractivity contribution in [2.24, 2.45) is 0 Å². The lowest BCUT2D eigenvalue weighted by Crippen LogP contribution is -2.40. The van der Waals surface area contributed by atoms with Gasteiger partial charge in [0.25, 0.3) is 5.91 Å². The molecule has 2 rings (SSSR count). The van der Waals surface area contributed by atoms with Crippen molar-refractivity contribution < 1.29 is 29.1 Å². The molecule has 2 N–H and O–H groups in total. The summed E-state index contributed by atoms with van der Waals surface area (Å²) in [7, 11) is 1.47. The van der Waals surface area contributed by atoms with Crippen molar-refractivity contribution in [3.05, 3.63) is 17.5 Å². The number of aliphatic hydroxyl groups is 1. The van der Waals surface area contributed by atoms with Crippen LogP contribution in [0.4, 0.5) is 0 Å². The smallest absolute Gasteiger partial charge is 0.326 e. The van der Waals surface area contributed by atoms with Crippen LogP contribution in [0.2, 0.25) is 0 Å². The van der Waals surface area contributed by atoms with E-state index in [1.807, 2.05) is 0 Å². The zero-order chi connectivity index (χ0) is 14.0. The van der Waals surface area contributed by atoms with E-state index in [2.05, 4.69) is 5.16 Å². The second kappa shape index (κ2) is 5.37. The molecule has 1 aromatic rings. The van der Waals surface area contributed by atoms with Gasteiger partial charge in [0.1, 0.15) is 12.6 Å². The van der Waals surface area contributed by atoms with E-state index >= 15 is 0 Å². The number of aliphatic carboxylic acids is 1. The highest BCUT2D eigenvalue weighted by molar-refractivity contribution is 5.95. The molecule has 1 saturated heterocycles. The number of carbonyl (C=O) groups is 2. The summed E-state index contributed by atoms with van der Waals surface area (Å²) in [5, 5.41) is 22.1. The summed E-state index contributed by atoms with van der Waals surface area (Å²) >= 11 is 0. The van der Waals surface area contributed by atoms with E-state index in [1.54, 1.807) is 0 Å². The largest absolute Gasteiger partial charge is 0.480 e. The molecule has 1 unspecified atom stereocenters. The minimum Gasteiger partial charge on any atom is -0.480 e. The Morgan fingerprint density at radius 3 is 3.00 bits per heavy atom. The molecule has 8 nitrogen and oxygen atoms in total. The Morgan fingerprint density at radius 1 is 1.63 bits per heavy atom. The van der Waals surface area contributed by atoms with Gasteiger partial charge in [-0.1, -0.05) is 5.16 Å². The number of aromatic nitrogens is 1. The number of carboxylic acid groups (broad SMARTS) is 1. The fraction of sp³-hybridized carbons (Fsp3) is 0.545. The molecule has 0 saturated carbocycles. The number of nitrogens with zero attached hydrogens (tertiary/aromatic N) is 2. The second-order valence-corrected chi connectivity index (χ2v) is 4.31. The number of carbonyl (C=O) groups excluding carboxylic acids is 1. The van der Waals surface area contributed by atoms with Gasteiger partial charge in [-0.2, -0.15) is 0 Å². The third-order valence-electron chi connectivity index (χ3n) is 2.89. The summed E-state index contributed by atoms with van der Waals surface area (Å²) in [5.41, 5.74) is 0.00685. The van der Waals surface area contributed by atoms with Gasteiger partial charge in [0, 0.05) is 26.1 Å². The quantitative estimate of drug-likeness (QED) is 0.756. The number of ether oxygens (including phenoxy) is 1. The van der Waals surface area contributed by atoms with Crippen molar-refractivity contribution in [3.63, 3.8) is 0 Å². The molecular formula is C11H14N2O6. The van der Waals surface area contributed by atoms with Crippen LogP contribution in [0.5, 0.6) is 0 Å². The predicted octanol–water partition coefficient (Wildman–Crippen LogP) is -0.519. The van der Waals surface area contributed by atoms with Gasteiger partial charge in [0.2, 0.25) is 0 Å². The number of methoxy groups -OCH3 is 1. The zero-order valence-corrected chi connectivity index (χ0v) is 10.3. The van der Waals surface area contributed by atoms with Gasteiger partial charge in [0.05, 0.1) is 6.10 Å². The van der Waals surface area contributed by atoms with Crippen LogP contribution in [0.15, 0.2) is 10.6 Å². The average Bonchev–Trinajstić information content (AvgIpc) is 2.95. The molecule has 2 heterocycles. The van der Waals surface area contributed by atoms with E-state index in [9.17, 15) is 14.7 Å². The van der Waals surface area contributed by atoms with E-state index in [0.717, 1.165) is 4.90 Å². The SMILES string of the molecule is COCc1cc(C(=O)N2CC(O)C[C@H]2C(=O)O)no1. The molecule has 0 spiro atoms. The van der Waals surface area contributed by atoms with Crippen molar-refractivity contribution in [3.8, 4) is 0 Å². The highest BCUT2D eigenvalue weighted by Crippen LogP contribution is 2.21. The fourth-order valence-electron chi connectivity index (χ4n) is 2.04. The molecule has 0 bridgehead atoms. The van der Waals surface area contributed by atoms with E-state index in [-0.39, 0.29) is 25.3 Å². The van der Waals surface area contributed by atoms with Crippen LogP contribution in [0.25, 0.3) is 0 Å². The van der Waals surface area contributed by atoms with Gasteiger partial charge in [-0.15, -0.1) is 0 Å². The van der Waals surface area contributed by atoms with Crippen molar-refractivity contribution >= 4 is 11.9 Å². The Balaban J connectivity index is 2.15. The molecule has 19 heavy (non-hydrogen) atoms. The van der Waals surface area contributed by atoms with Crippen LogP contribution in [-0.2, 0) is 16.1 Å².